The highest BCUT2D eigenvalue weighted by Crippen LogP contribution is 1.99. The summed E-state index contributed by atoms with van der Waals surface area (Å²) in [6, 6.07) is 0. The summed E-state index contributed by atoms with van der Waals surface area (Å²) in [6.45, 7) is 4.49. The third-order valence-electron chi connectivity index (χ3n) is 1.71. The van der Waals surface area contributed by atoms with Gasteiger partial charge in [0.25, 0.3) is 0 Å². The first kappa shape index (κ1) is 12.2. The van der Waals surface area contributed by atoms with Gasteiger partial charge in [0.05, 0.1) is 6.61 Å². The van der Waals surface area contributed by atoms with Gasteiger partial charge in [-0.2, -0.15) is 0 Å². The monoisotopic (exact) mass is 184 g/mol. The molecular weight excluding hydrogens is 164 g/mol. The first-order chi connectivity index (χ1) is 6.31. The van der Waals surface area contributed by atoms with Crippen LogP contribution in [-0.2, 0) is 9.53 Å². The van der Waals surface area contributed by atoms with Gasteiger partial charge in [0.1, 0.15) is 0 Å². The van der Waals surface area contributed by atoms with Crippen LogP contribution in [0.5, 0.6) is 0 Å². The summed E-state index contributed by atoms with van der Waals surface area (Å²) < 4.78 is 4.80. The second-order valence-corrected chi connectivity index (χ2v) is 2.96. The average Bonchev–Trinajstić information content (AvgIpc) is 2.11. The van der Waals surface area contributed by atoms with Crippen LogP contribution < -0.4 is 0 Å². The number of hydrogen-bond donors (Lipinski definition) is 0. The minimum absolute atomic E-state index is 0.0948. The van der Waals surface area contributed by atoms with Gasteiger partial charge in [0.15, 0.2) is 0 Å². The van der Waals surface area contributed by atoms with Crippen molar-refractivity contribution in [3.8, 4) is 0 Å². The van der Waals surface area contributed by atoms with E-state index in [4.69, 9.17) is 4.74 Å². The molecule has 0 aromatic rings. The molecule has 0 bridgehead atoms. The molecule has 0 amide bonds. The quantitative estimate of drug-likeness (QED) is 0.345. The Kier molecular flexibility index (Phi) is 8.73. The molecule has 0 unspecified atom stereocenters. The van der Waals surface area contributed by atoms with Crippen LogP contribution in [0.2, 0.25) is 0 Å². The molecule has 13 heavy (non-hydrogen) atoms. The van der Waals surface area contributed by atoms with Crippen molar-refractivity contribution in [2.24, 2.45) is 0 Å². The Morgan fingerprint density at radius 3 is 2.54 bits per heavy atom. The maximum absolute atomic E-state index is 10.9. The van der Waals surface area contributed by atoms with E-state index >= 15 is 0 Å². The standard InChI is InChI=1S/C11H20O2/c1-3-5-6-7-8-9-10-11(12)13-4-2/h7-8H,3-6,9-10H2,1-2H3/b8-7+. The molecule has 76 valence electrons. The molecule has 0 aliphatic carbocycles. The van der Waals surface area contributed by atoms with Crippen LogP contribution in [0.4, 0.5) is 0 Å². The number of ether oxygens (including phenoxy) is 1. The van der Waals surface area contributed by atoms with Crippen LogP contribution in [0, 0.1) is 0 Å². The van der Waals surface area contributed by atoms with Crippen LogP contribution in [-0.4, -0.2) is 12.6 Å². The van der Waals surface area contributed by atoms with Crippen LogP contribution in [0.3, 0.4) is 0 Å². The summed E-state index contributed by atoms with van der Waals surface area (Å²) in [4.78, 5) is 10.9. The number of esters is 1. The molecule has 0 heterocycles. The van der Waals surface area contributed by atoms with Crippen molar-refractivity contribution in [1.82, 2.24) is 0 Å². The van der Waals surface area contributed by atoms with Crippen LogP contribution in [0.1, 0.15) is 46.0 Å². The molecule has 0 N–H and O–H groups in total. The fourth-order valence-electron chi connectivity index (χ4n) is 0.992. The lowest BCUT2D eigenvalue weighted by Gasteiger charge is -1.97. The second kappa shape index (κ2) is 9.30. The maximum atomic E-state index is 10.9. The van der Waals surface area contributed by atoms with E-state index in [9.17, 15) is 4.79 Å². The zero-order valence-electron chi connectivity index (χ0n) is 8.71. The van der Waals surface area contributed by atoms with Crippen molar-refractivity contribution in [3.63, 3.8) is 0 Å². The summed E-state index contributed by atoms with van der Waals surface area (Å²) in [5.74, 6) is -0.0948. The molecule has 0 aromatic carbocycles. The molecule has 0 radical (unpaired) electrons. The second-order valence-electron chi connectivity index (χ2n) is 2.96. The van der Waals surface area contributed by atoms with E-state index in [1.54, 1.807) is 0 Å². The molecule has 0 saturated heterocycles. The Hall–Kier alpha value is -0.790. The van der Waals surface area contributed by atoms with Gasteiger partial charge in [-0.3, -0.25) is 4.79 Å². The van der Waals surface area contributed by atoms with Crippen LogP contribution in [0.25, 0.3) is 0 Å². The van der Waals surface area contributed by atoms with Crippen LogP contribution in [0.15, 0.2) is 12.2 Å². The topological polar surface area (TPSA) is 26.3 Å². The Bertz CT molecular complexity index is 150. The SMILES string of the molecule is CCCC/C=C/CCC(=O)OCC. The molecule has 0 fully saturated rings. The first-order valence-corrected chi connectivity index (χ1v) is 5.11. The van der Waals surface area contributed by atoms with Crippen molar-refractivity contribution >= 4 is 5.97 Å². The van der Waals surface area contributed by atoms with Crippen molar-refractivity contribution in [1.29, 1.82) is 0 Å². The highest BCUT2D eigenvalue weighted by molar-refractivity contribution is 5.69. The lowest BCUT2D eigenvalue weighted by Crippen LogP contribution is -2.02. The molecular formula is C11H20O2. The van der Waals surface area contributed by atoms with Gasteiger partial charge in [-0.15, -0.1) is 0 Å². The van der Waals surface area contributed by atoms with E-state index < -0.39 is 0 Å². The minimum Gasteiger partial charge on any atom is -0.466 e. The van der Waals surface area contributed by atoms with Gasteiger partial charge in [0.2, 0.25) is 0 Å². The third-order valence-corrected chi connectivity index (χ3v) is 1.71. The van der Waals surface area contributed by atoms with Crippen LogP contribution >= 0.6 is 0 Å². The van der Waals surface area contributed by atoms with Gasteiger partial charge in [-0.1, -0.05) is 31.9 Å². The lowest BCUT2D eigenvalue weighted by atomic mass is 10.2. The van der Waals surface area contributed by atoms with Gasteiger partial charge in [0, 0.05) is 6.42 Å². The summed E-state index contributed by atoms with van der Waals surface area (Å²) in [5.41, 5.74) is 0. The number of hydrogen-bond acceptors (Lipinski definition) is 2. The smallest absolute Gasteiger partial charge is 0.306 e. The first-order valence-electron chi connectivity index (χ1n) is 5.11. The highest BCUT2D eigenvalue weighted by Gasteiger charge is 1.97. The Labute approximate surface area is 81.0 Å². The van der Waals surface area contributed by atoms with E-state index in [1.165, 1.54) is 12.8 Å². The van der Waals surface area contributed by atoms with Gasteiger partial charge < -0.3 is 4.74 Å². The highest BCUT2D eigenvalue weighted by atomic mass is 16.5. The predicted molar refractivity (Wildman–Crippen MR) is 54.5 cm³/mol. The molecule has 0 atom stereocenters. The van der Waals surface area contributed by atoms with E-state index in [1.807, 2.05) is 6.92 Å². The zero-order valence-corrected chi connectivity index (χ0v) is 8.71. The van der Waals surface area contributed by atoms with E-state index in [0.29, 0.717) is 13.0 Å². The Morgan fingerprint density at radius 1 is 1.23 bits per heavy atom. The molecule has 0 rings (SSSR count). The summed E-state index contributed by atoms with van der Waals surface area (Å²) >= 11 is 0. The summed E-state index contributed by atoms with van der Waals surface area (Å²) in [5, 5.41) is 0. The number of allylic oxidation sites excluding steroid dienone is 2. The predicted octanol–water partition coefficient (Wildman–Crippen LogP) is 3.08. The fourth-order valence-corrected chi connectivity index (χ4v) is 0.992. The summed E-state index contributed by atoms with van der Waals surface area (Å²) in [7, 11) is 0. The summed E-state index contributed by atoms with van der Waals surface area (Å²) in [6.07, 6.45) is 9.10. The lowest BCUT2D eigenvalue weighted by molar-refractivity contribution is -0.142. The van der Waals surface area contributed by atoms with Gasteiger partial charge in [-0.25, -0.2) is 0 Å². The third kappa shape index (κ3) is 9.12. The molecule has 0 aromatic heterocycles. The molecule has 2 nitrogen and oxygen atoms in total. The van der Waals surface area contributed by atoms with E-state index in [0.717, 1.165) is 12.8 Å². The van der Waals surface area contributed by atoms with Crippen molar-refractivity contribution < 1.29 is 9.53 Å². The van der Waals surface area contributed by atoms with E-state index in [-0.39, 0.29) is 5.97 Å². The van der Waals surface area contributed by atoms with E-state index in [2.05, 4.69) is 19.1 Å². The maximum Gasteiger partial charge on any atom is 0.306 e. The number of rotatable bonds is 7. The number of unbranched alkanes of at least 4 members (excludes halogenated alkanes) is 2. The average molecular weight is 184 g/mol. The van der Waals surface area contributed by atoms with Gasteiger partial charge >= 0.3 is 5.97 Å². The molecule has 0 aliphatic rings. The molecule has 0 aliphatic heterocycles. The molecule has 0 saturated carbocycles. The van der Waals surface area contributed by atoms with Crippen molar-refractivity contribution in [2.75, 3.05) is 6.61 Å². The Morgan fingerprint density at radius 2 is 1.92 bits per heavy atom. The van der Waals surface area contributed by atoms with Crippen molar-refractivity contribution in [3.05, 3.63) is 12.2 Å². The number of carbonyl (C=O) groups is 1. The van der Waals surface area contributed by atoms with Gasteiger partial charge in [-0.05, 0) is 19.8 Å². The minimum atomic E-state index is -0.0948. The fraction of sp³-hybridized carbons (Fsp3) is 0.727. The zero-order chi connectivity index (χ0) is 9.94. The number of carbonyl (C=O) groups excluding carboxylic acids is 1. The molecule has 2 heteroatoms. The Balaban J connectivity index is 3.23. The van der Waals surface area contributed by atoms with Crippen molar-refractivity contribution in [2.45, 2.75) is 46.0 Å². The largest absolute Gasteiger partial charge is 0.466 e. The molecule has 0 spiro atoms. The normalized spacial score (nSPS) is 10.6.